The van der Waals surface area contributed by atoms with E-state index in [9.17, 15) is 17.4 Å². The first kappa shape index (κ1) is 10.8. The number of aliphatic hydroxyl groups excluding tert-OH is 2. The van der Waals surface area contributed by atoms with Crippen LogP contribution in [-0.4, -0.2) is 20.6 Å². The molecular weight excluding hydrogens is 261 g/mol. The fourth-order valence-electron chi connectivity index (χ4n) is 1.09. The van der Waals surface area contributed by atoms with Crippen molar-refractivity contribution in [2.75, 3.05) is 0 Å². The molecule has 10 heteroatoms. The van der Waals surface area contributed by atoms with Crippen LogP contribution in [0.5, 0.6) is 0 Å². The third kappa shape index (κ3) is 1.44. The van der Waals surface area contributed by atoms with E-state index in [0.29, 0.717) is 5.41 Å². The molecule has 0 unspecified atom stereocenters. The van der Waals surface area contributed by atoms with Crippen molar-refractivity contribution < 1.29 is 34.9 Å². The Morgan fingerprint density at radius 2 is 1.87 bits per heavy atom. The molecule has 1 saturated heterocycles. The maximum absolute atomic E-state index is 12.4. The molecule has 0 aromatic rings. The van der Waals surface area contributed by atoms with Gasteiger partial charge in [0.05, 0.1) is 5.41 Å². The van der Waals surface area contributed by atoms with E-state index in [0.717, 1.165) is 0 Å². The van der Waals surface area contributed by atoms with E-state index in [1.165, 1.54) is 0 Å². The predicted molar refractivity (Wildman–Crippen MR) is 44.3 cm³/mol. The number of allylic oxidation sites excluding steroid dienone is 1. The maximum atomic E-state index is 12.4. The summed E-state index contributed by atoms with van der Waals surface area (Å²) in [6, 6.07) is 0. The zero-order chi connectivity index (χ0) is 11.4. The van der Waals surface area contributed by atoms with Crippen LogP contribution in [0.4, 0.5) is 13.2 Å². The molecule has 0 saturated carbocycles. The minimum atomic E-state index is -4.93. The first-order valence-electron chi connectivity index (χ1n) is 3.33. The summed E-state index contributed by atoms with van der Waals surface area (Å²) in [6.07, 6.45) is -4.93. The molecule has 0 radical (unpaired) electrons. The summed E-state index contributed by atoms with van der Waals surface area (Å²) >= 11 is -2.27. The summed E-state index contributed by atoms with van der Waals surface area (Å²) in [4.78, 5) is -1.54. The molecule has 1 spiro atoms. The van der Waals surface area contributed by atoms with Crippen molar-refractivity contribution in [2.45, 2.75) is 6.18 Å². The topological polar surface area (TPSA) is 76.0 Å². The van der Waals surface area contributed by atoms with Gasteiger partial charge in [0, 0.05) is 0 Å². The van der Waals surface area contributed by atoms with E-state index >= 15 is 0 Å². The van der Waals surface area contributed by atoms with Crippen LogP contribution in [0, 0.1) is 0 Å². The van der Waals surface area contributed by atoms with Gasteiger partial charge in [-0.15, -0.1) is 7.26 Å². The van der Waals surface area contributed by atoms with E-state index in [1.54, 1.807) is 0 Å². The number of alkyl halides is 3. The van der Waals surface area contributed by atoms with Crippen LogP contribution in [0.1, 0.15) is 0 Å². The maximum Gasteiger partial charge on any atom is 0.435 e. The average Bonchev–Trinajstić information content (AvgIpc) is 2.21. The number of aliphatic hydroxyl groups is 2. The molecule has 0 aromatic carbocycles. The second kappa shape index (κ2) is 2.90. The van der Waals surface area contributed by atoms with E-state index < -0.39 is 44.6 Å². The van der Waals surface area contributed by atoms with Gasteiger partial charge in [0.1, 0.15) is 0 Å². The Morgan fingerprint density at radius 1 is 1.33 bits per heavy atom. The van der Waals surface area contributed by atoms with Crippen LogP contribution in [0.2, 0.25) is 0 Å². The van der Waals surface area contributed by atoms with E-state index in [4.69, 9.17) is 10.2 Å². The lowest BCUT2D eigenvalue weighted by Crippen LogP contribution is -2.28. The number of hydrogen-bond acceptors (Lipinski definition) is 5. The van der Waals surface area contributed by atoms with Gasteiger partial charge in [-0.25, -0.2) is 0 Å². The van der Waals surface area contributed by atoms with Gasteiger partial charge in [-0.1, -0.05) is 10.6 Å². The zero-order valence-electron chi connectivity index (χ0n) is 6.65. The number of hydrogen-bond donors (Lipinski definition) is 2. The fraction of sp³-hybridized carbons (Fsp3) is 0.200. The standard InChI is InChI=1S/C5H3F3O5S2/c6-5(7,8)4-3(10)2(9)1-15(4)12-14(11)13-15/h1,9-10H. The van der Waals surface area contributed by atoms with Gasteiger partial charge in [-0.05, 0) is 0 Å². The van der Waals surface area contributed by atoms with E-state index in [2.05, 4.69) is 7.26 Å². The highest BCUT2D eigenvalue weighted by Crippen LogP contribution is 2.74. The Kier molecular flexibility index (Phi) is 2.09. The molecular formula is C5H3F3O5S2. The lowest BCUT2D eigenvalue weighted by Gasteiger charge is -2.42. The van der Waals surface area contributed by atoms with Gasteiger partial charge in [0.15, 0.2) is 16.4 Å². The smallest absolute Gasteiger partial charge is 0.435 e. The van der Waals surface area contributed by atoms with Gasteiger partial charge < -0.3 is 10.2 Å². The molecule has 0 aliphatic carbocycles. The Bertz CT molecular complexity index is 403. The third-order valence-corrected chi connectivity index (χ3v) is 5.61. The second-order valence-corrected chi connectivity index (χ2v) is 5.79. The fourth-order valence-corrected chi connectivity index (χ4v) is 4.53. The third-order valence-electron chi connectivity index (χ3n) is 1.58. The Balaban J connectivity index is 2.48. The molecule has 2 N–H and O–H groups in total. The van der Waals surface area contributed by atoms with Crippen LogP contribution in [-0.2, 0) is 18.6 Å². The quantitative estimate of drug-likeness (QED) is 0.699. The Labute approximate surface area is 85.4 Å². The van der Waals surface area contributed by atoms with Gasteiger partial charge in [0.2, 0.25) is 0 Å². The highest BCUT2D eigenvalue weighted by atomic mass is 32.4. The lowest BCUT2D eigenvalue weighted by molar-refractivity contribution is -0.0874. The van der Waals surface area contributed by atoms with Crippen molar-refractivity contribution in [1.82, 2.24) is 0 Å². The van der Waals surface area contributed by atoms with Crippen molar-refractivity contribution >= 4 is 22.0 Å². The molecule has 5 nitrogen and oxygen atoms in total. The van der Waals surface area contributed by atoms with Gasteiger partial charge in [0.25, 0.3) is 0 Å². The molecule has 86 valence electrons. The van der Waals surface area contributed by atoms with Crippen molar-refractivity contribution in [3.05, 3.63) is 21.8 Å². The summed E-state index contributed by atoms with van der Waals surface area (Å²) in [5.41, 5.74) is 0. The lowest BCUT2D eigenvalue weighted by atomic mass is 10.4. The Morgan fingerprint density at radius 3 is 2.27 bits per heavy atom. The molecule has 0 amide bonds. The molecule has 0 bridgehead atoms. The van der Waals surface area contributed by atoms with Crippen molar-refractivity contribution in [3.8, 4) is 0 Å². The summed E-state index contributed by atoms with van der Waals surface area (Å²) in [5, 5.41) is 18.5. The zero-order valence-corrected chi connectivity index (χ0v) is 8.28. The van der Waals surface area contributed by atoms with Crippen LogP contribution in [0.15, 0.2) is 21.8 Å². The minimum Gasteiger partial charge on any atom is -0.503 e. The molecule has 2 heterocycles. The summed E-state index contributed by atoms with van der Waals surface area (Å²) in [5.74, 6) is -2.34. The minimum absolute atomic E-state index is 0.576. The van der Waals surface area contributed by atoms with Crippen LogP contribution >= 0.6 is 10.6 Å². The van der Waals surface area contributed by atoms with Crippen LogP contribution < -0.4 is 0 Å². The van der Waals surface area contributed by atoms with Gasteiger partial charge in [-0.2, -0.15) is 17.4 Å². The molecule has 2 aliphatic heterocycles. The van der Waals surface area contributed by atoms with Crippen LogP contribution in [0.3, 0.4) is 0 Å². The molecule has 1 fully saturated rings. The van der Waals surface area contributed by atoms with Crippen molar-refractivity contribution in [3.63, 3.8) is 0 Å². The molecule has 2 rings (SSSR count). The summed E-state index contributed by atoms with van der Waals surface area (Å²) in [6.45, 7) is 0. The molecule has 2 aliphatic rings. The van der Waals surface area contributed by atoms with Crippen molar-refractivity contribution in [2.24, 2.45) is 0 Å². The van der Waals surface area contributed by atoms with Crippen LogP contribution in [0.25, 0.3) is 0 Å². The monoisotopic (exact) mass is 264 g/mol. The van der Waals surface area contributed by atoms with E-state index in [1.807, 2.05) is 0 Å². The normalized spacial score (nSPS) is 39.9. The van der Waals surface area contributed by atoms with E-state index in [-0.39, 0.29) is 0 Å². The predicted octanol–water partition coefficient (Wildman–Crippen LogP) is 1.99. The first-order valence-corrected chi connectivity index (χ1v) is 5.87. The number of rotatable bonds is 0. The Hall–Kier alpha value is -0.710. The van der Waals surface area contributed by atoms with Crippen molar-refractivity contribution in [1.29, 1.82) is 0 Å². The highest BCUT2D eigenvalue weighted by molar-refractivity contribution is 8.40. The number of halogens is 3. The average molecular weight is 264 g/mol. The first-order chi connectivity index (χ1) is 6.76. The highest BCUT2D eigenvalue weighted by Gasteiger charge is 2.58. The molecule has 0 atom stereocenters. The van der Waals surface area contributed by atoms with Gasteiger partial charge >= 0.3 is 17.5 Å². The SMILES string of the molecule is O=S1OS2(C=C(O)C(O)=C2C(F)(F)F)O1. The largest absolute Gasteiger partial charge is 0.503 e. The van der Waals surface area contributed by atoms with Gasteiger partial charge in [-0.3, -0.25) is 0 Å². The summed E-state index contributed by atoms with van der Waals surface area (Å²) < 4.78 is 56.4. The summed E-state index contributed by atoms with van der Waals surface area (Å²) in [7, 11) is -3.41. The molecule has 15 heavy (non-hydrogen) atoms. The second-order valence-electron chi connectivity index (χ2n) is 2.56. The molecule has 0 aromatic heterocycles.